The molecule has 1 saturated heterocycles. The van der Waals surface area contributed by atoms with Gasteiger partial charge in [-0.2, -0.15) is 0 Å². The van der Waals surface area contributed by atoms with Crippen molar-refractivity contribution >= 4 is 38.8 Å². The van der Waals surface area contributed by atoms with E-state index in [0.29, 0.717) is 6.54 Å². The predicted octanol–water partition coefficient (Wildman–Crippen LogP) is 4.39. The van der Waals surface area contributed by atoms with Crippen LogP contribution in [0.1, 0.15) is 36.4 Å². The van der Waals surface area contributed by atoms with E-state index in [1.807, 2.05) is 19.1 Å². The third-order valence-electron chi connectivity index (χ3n) is 6.44. The van der Waals surface area contributed by atoms with Gasteiger partial charge in [-0.1, -0.05) is 13.0 Å². The molecule has 7 nitrogen and oxygen atoms in total. The van der Waals surface area contributed by atoms with Crippen LogP contribution in [0.4, 0.5) is 11.4 Å². The number of piperazine rings is 1. The molecule has 0 aliphatic carbocycles. The first-order valence-electron chi connectivity index (χ1n) is 12.4. The molecule has 1 fully saturated rings. The standard InChI is InChI=1S/C27H36N4O3S/c1-5-6-26-29-23-15-22(8-10-25(23)35-26)34-17-21(33)16-30-11-13-31(14-12-30)24-9-7-18(2)27(19(24)3)28-20(4)32/h7-10,15,21,33H,5-6,11-14,16-17H2,1-4H3,(H,28,32). The summed E-state index contributed by atoms with van der Waals surface area (Å²) in [5, 5.41) is 14.7. The summed E-state index contributed by atoms with van der Waals surface area (Å²) in [7, 11) is 0. The second kappa shape index (κ2) is 11.4. The number of aliphatic hydroxyl groups excluding tert-OH is 1. The number of rotatable bonds is 9. The lowest BCUT2D eigenvalue weighted by Gasteiger charge is -2.38. The molecule has 1 aromatic heterocycles. The Kier molecular flexibility index (Phi) is 8.26. The molecule has 0 saturated carbocycles. The first-order chi connectivity index (χ1) is 16.8. The molecule has 1 unspecified atom stereocenters. The average Bonchev–Trinajstić information content (AvgIpc) is 3.23. The summed E-state index contributed by atoms with van der Waals surface area (Å²) in [4.78, 5) is 20.9. The van der Waals surface area contributed by atoms with Gasteiger partial charge in [0.2, 0.25) is 5.91 Å². The van der Waals surface area contributed by atoms with Gasteiger partial charge in [0, 0.05) is 57.1 Å². The monoisotopic (exact) mass is 496 g/mol. The lowest BCUT2D eigenvalue weighted by molar-refractivity contribution is -0.114. The highest BCUT2D eigenvalue weighted by atomic mass is 32.1. The van der Waals surface area contributed by atoms with Crippen LogP contribution >= 0.6 is 11.3 Å². The van der Waals surface area contributed by atoms with Gasteiger partial charge in [-0.05, 0) is 56.0 Å². The molecule has 35 heavy (non-hydrogen) atoms. The van der Waals surface area contributed by atoms with Crippen molar-refractivity contribution in [2.45, 2.75) is 46.6 Å². The highest BCUT2D eigenvalue weighted by Crippen LogP contribution is 2.31. The van der Waals surface area contributed by atoms with E-state index in [9.17, 15) is 9.90 Å². The Morgan fingerprint density at radius 2 is 1.97 bits per heavy atom. The minimum atomic E-state index is -0.559. The lowest BCUT2D eigenvalue weighted by atomic mass is 10.0. The van der Waals surface area contributed by atoms with Crippen molar-refractivity contribution in [1.29, 1.82) is 0 Å². The van der Waals surface area contributed by atoms with E-state index in [1.54, 1.807) is 18.3 Å². The molecule has 0 bridgehead atoms. The molecule has 188 valence electrons. The molecule has 2 heterocycles. The maximum Gasteiger partial charge on any atom is 0.221 e. The molecule has 2 aromatic carbocycles. The number of hydrogen-bond donors (Lipinski definition) is 2. The number of nitrogens with zero attached hydrogens (tertiary/aromatic N) is 3. The number of aryl methyl sites for hydroxylation is 2. The van der Waals surface area contributed by atoms with E-state index in [0.717, 1.165) is 77.8 Å². The van der Waals surface area contributed by atoms with Gasteiger partial charge in [0.05, 0.1) is 15.2 Å². The van der Waals surface area contributed by atoms with Gasteiger partial charge in [-0.15, -0.1) is 11.3 Å². The molecule has 1 amide bonds. The maximum absolute atomic E-state index is 11.6. The molecule has 0 spiro atoms. The second-order valence-electron chi connectivity index (χ2n) is 9.32. The van der Waals surface area contributed by atoms with Crippen LogP contribution < -0.4 is 15.0 Å². The molecule has 4 rings (SSSR count). The van der Waals surface area contributed by atoms with Crippen LogP contribution in [0.25, 0.3) is 10.2 Å². The third kappa shape index (κ3) is 6.31. The Morgan fingerprint density at radius 3 is 2.69 bits per heavy atom. The van der Waals surface area contributed by atoms with Gasteiger partial charge in [0.25, 0.3) is 0 Å². The molecule has 1 aliphatic heterocycles. The van der Waals surface area contributed by atoms with Gasteiger partial charge in [-0.3, -0.25) is 9.69 Å². The molecule has 1 aliphatic rings. The first-order valence-corrected chi connectivity index (χ1v) is 13.2. The maximum atomic E-state index is 11.6. The van der Waals surface area contributed by atoms with Crippen LogP contribution in [0.15, 0.2) is 30.3 Å². The van der Waals surface area contributed by atoms with Crippen molar-refractivity contribution < 1.29 is 14.6 Å². The van der Waals surface area contributed by atoms with Crippen LogP contribution in [-0.4, -0.2) is 66.3 Å². The highest BCUT2D eigenvalue weighted by Gasteiger charge is 2.22. The summed E-state index contributed by atoms with van der Waals surface area (Å²) in [5.41, 5.74) is 5.19. The molecule has 2 N–H and O–H groups in total. The smallest absolute Gasteiger partial charge is 0.221 e. The van der Waals surface area contributed by atoms with Crippen LogP contribution in [0.5, 0.6) is 5.75 Å². The summed E-state index contributed by atoms with van der Waals surface area (Å²) in [6.07, 6.45) is 1.53. The number of ether oxygens (including phenoxy) is 1. The summed E-state index contributed by atoms with van der Waals surface area (Å²) < 4.78 is 7.07. The Bertz CT molecular complexity index is 1170. The Hall–Kier alpha value is -2.68. The Labute approximate surface area is 211 Å². The van der Waals surface area contributed by atoms with Gasteiger partial charge >= 0.3 is 0 Å². The second-order valence-corrected chi connectivity index (χ2v) is 10.4. The van der Waals surface area contributed by atoms with E-state index in [2.05, 4.69) is 52.1 Å². The highest BCUT2D eigenvalue weighted by molar-refractivity contribution is 7.18. The number of β-amino-alcohol motifs (C(OH)–C–C–N with tert-alkyl or cyclic N) is 1. The predicted molar refractivity (Wildman–Crippen MR) is 144 cm³/mol. The Morgan fingerprint density at radius 1 is 1.20 bits per heavy atom. The minimum Gasteiger partial charge on any atom is -0.491 e. The molecule has 1 atom stereocenters. The number of aromatic nitrogens is 1. The number of hydrogen-bond acceptors (Lipinski definition) is 7. The normalized spacial score (nSPS) is 15.4. The van der Waals surface area contributed by atoms with Gasteiger partial charge in [0.15, 0.2) is 0 Å². The molecular formula is C27H36N4O3S. The van der Waals surface area contributed by atoms with Crippen molar-refractivity contribution in [3.63, 3.8) is 0 Å². The molecular weight excluding hydrogens is 460 g/mol. The zero-order chi connectivity index (χ0) is 24.9. The topological polar surface area (TPSA) is 77.9 Å². The first kappa shape index (κ1) is 25.4. The van der Waals surface area contributed by atoms with E-state index < -0.39 is 6.10 Å². The van der Waals surface area contributed by atoms with E-state index in [-0.39, 0.29) is 12.5 Å². The van der Waals surface area contributed by atoms with Gasteiger partial charge < -0.3 is 20.1 Å². The number of thiazole rings is 1. The SMILES string of the molecule is CCCc1nc2cc(OCC(O)CN3CCN(c4ccc(C)c(NC(C)=O)c4C)CC3)ccc2s1. The van der Waals surface area contributed by atoms with Crippen LogP contribution in [0.3, 0.4) is 0 Å². The third-order valence-corrected chi connectivity index (χ3v) is 7.53. The number of nitrogens with one attached hydrogen (secondary N) is 1. The molecule has 8 heteroatoms. The van der Waals surface area contributed by atoms with Crippen LogP contribution in [0, 0.1) is 13.8 Å². The van der Waals surface area contributed by atoms with Crippen molar-refractivity contribution in [1.82, 2.24) is 9.88 Å². The quantitative estimate of drug-likeness (QED) is 0.458. The van der Waals surface area contributed by atoms with E-state index in [1.165, 1.54) is 4.70 Å². The summed E-state index contributed by atoms with van der Waals surface area (Å²) in [5.74, 6) is 0.696. The number of anilines is 2. The molecule has 3 aromatic rings. The van der Waals surface area contributed by atoms with Crippen molar-refractivity contribution in [3.8, 4) is 5.75 Å². The zero-order valence-corrected chi connectivity index (χ0v) is 22.0. The number of benzene rings is 2. The lowest BCUT2D eigenvalue weighted by Crippen LogP contribution is -2.49. The fourth-order valence-electron chi connectivity index (χ4n) is 4.63. The fourth-order valence-corrected chi connectivity index (χ4v) is 5.68. The number of aliphatic hydroxyl groups is 1. The van der Waals surface area contributed by atoms with Crippen molar-refractivity contribution in [2.75, 3.05) is 49.5 Å². The van der Waals surface area contributed by atoms with Crippen LogP contribution in [-0.2, 0) is 11.2 Å². The van der Waals surface area contributed by atoms with Crippen molar-refractivity contribution in [2.24, 2.45) is 0 Å². The fraction of sp³-hybridized carbons (Fsp3) is 0.481. The molecule has 0 radical (unpaired) electrons. The largest absolute Gasteiger partial charge is 0.491 e. The summed E-state index contributed by atoms with van der Waals surface area (Å²) in [6.45, 7) is 12.1. The van der Waals surface area contributed by atoms with Gasteiger partial charge in [-0.25, -0.2) is 4.98 Å². The number of amides is 1. The Balaban J connectivity index is 1.27. The zero-order valence-electron chi connectivity index (χ0n) is 21.1. The number of carbonyl (C=O) groups is 1. The van der Waals surface area contributed by atoms with Crippen LogP contribution in [0.2, 0.25) is 0 Å². The summed E-state index contributed by atoms with van der Waals surface area (Å²) in [6, 6.07) is 10.2. The average molecular weight is 497 g/mol. The number of fused-ring (bicyclic) bond motifs is 1. The minimum absolute atomic E-state index is 0.0536. The van der Waals surface area contributed by atoms with Crippen molar-refractivity contribution in [3.05, 3.63) is 46.5 Å². The van der Waals surface area contributed by atoms with E-state index >= 15 is 0 Å². The summed E-state index contributed by atoms with van der Waals surface area (Å²) >= 11 is 1.74. The number of carbonyl (C=O) groups excluding carboxylic acids is 1. The van der Waals surface area contributed by atoms with Gasteiger partial charge in [0.1, 0.15) is 18.5 Å². The van der Waals surface area contributed by atoms with E-state index in [4.69, 9.17) is 4.74 Å².